The number of nitro benzene ring substituents is 1. The summed E-state index contributed by atoms with van der Waals surface area (Å²) in [5, 5.41) is 16.7. The summed E-state index contributed by atoms with van der Waals surface area (Å²) < 4.78 is 5.79. The van der Waals surface area contributed by atoms with Crippen LogP contribution in [0.25, 0.3) is 0 Å². The van der Waals surface area contributed by atoms with Gasteiger partial charge in [0, 0.05) is 42.7 Å². The van der Waals surface area contributed by atoms with E-state index in [0.29, 0.717) is 36.6 Å². The van der Waals surface area contributed by atoms with Gasteiger partial charge in [-0.2, -0.15) is 0 Å². The number of rotatable bonds is 9. The van der Waals surface area contributed by atoms with E-state index in [1.807, 2.05) is 25.1 Å². The number of nitrogens with zero attached hydrogens (tertiary/aromatic N) is 2. The predicted octanol–water partition coefficient (Wildman–Crippen LogP) is 4.92. The lowest BCUT2D eigenvalue weighted by atomic mass is 10.2. The molecule has 3 aromatic rings. The summed E-state index contributed by atoms with van der Waals surface area (Å²) in [4.78, 5) is 26.4. The molecule has 0 fully saturated rings. The summed E-state index contributed by atoms with van der Waals surface area (Å²) in [5.74, 6) is 1.27. The maximum Gasteiger partial charge on any atom is 0.269 e. The number of nitro groups is 1. The Hall–Kier alpha value is -3.94. The van der Waals surface area contributed by atoms with Crippen molar-refractivity contribution < 1.29 is 14.5 Å². The van der Waals surface area contributed by atoms with E-state index >= 15 is 0 Å². The Labute approximate surface area is 174 Å². The quantitative estimate of drug-likeness (QED) is 0.297. The second-order valence-electron chi connectivity index (χ2n) is 6.65. The van der Waals surface area contributed by atoms with Gasteiger partial charge in [-0.15, -0.1) is 0 Å². The minimum Gasteiger partial charge on any atom is -0.455 e. The van der Waals surface area contributed by atoms with Gasteiger partial charge in [-0.05, 0) is 61.4 Å². The van der Waals surface area contributed by atoms with Crippen LogP contribution in [0.15, 0.2) is 67.0 Å². The van der Waals surface area contributed by atoms with E-state index in [4.69, 9.17) is 4.74 Å². The number of non-ortho nitro benzene ring substituents is 1. The first-order valence-corrected chi connectivity index (χ1v) is 9.48. The van der Waals surface area contributed by atoms with Crippen molar-refractivity contribution in [3.05, 3.63) is 82.7 Å². The van der Waals surface area contributed by atoms with Crippen LogP contribution in [0.3, 0.4) is 0 Å². The topological polar surface area (TPSA) is 106 Å². The zero-order chi connectivity index (χ0) is 21.3. The molecule has 2 aromatic carbocycles. The summed E-state index contributed by atoms with van der Waals surface area (Å²) in [6, 6.07) is 15.3. The highest BCUT2D eigenvalue weighted by Crippen LogP contribution is 2.26. The average molecular weight is 406 g/mol. The van der Waals surface area contributed by atoms with Crippen molar-refractivity contribution in [2.45, 2.75) is 19.8 Å². The fourth-order valence-electron chi connectivity index (χ4n) is 2.78. The number of carbonyl (C=O) groups excluding carboxylic acids is 1. The van der Waals surface area contributed by atoms with Crippen molar-refractivity contribution in [1.82, 2.24) is 4.98 Å². The number of amides is 1. The molecule has 0 aliphatic carbocycles. The van der Waals surface area contributed by atoms with Gasteiger partial charge < -0.3 is 15.4 Å². The number of pyridine rings is 1. The zero-order valence-electron chi connectivity index (χ0n) is 16.5. The molecule has 0 aliphatic rings. The normalized spacial score (nSPS) is 10.3. The average Bonchev–Trinajstić information content (AvgIpc) is 2.74. The van der Waals surface area contributed by atoms with E-state index in [9.17, 15) is 14.9 Å². The minimum atomic E-state index is -0.437. The molecule has 0 aliphatic heterocycles. The lowest BCUT2D eigenvalue weighted by Crippen LogP contribution is -2.13. The van der Waals surface area contributed by atoms with Crippen LogP contribution in [0.5, 0.6) is 11.5 Å². The number of ether oxygens (including phenoxy) is 1. The van der Waals surface area contributed by atoms with E-state index in [0.717, 1.165) is 11.3 Å². The molecule has 0 spiro atoms. The van der Waals surface area contributed by atoms with Crippen LogP contribution in [0, 0.1) is 17.0 Å². The van der Waals surface area contributed by atoms with Crippen molar-refractivity contribution in [2.24, 2.45) is 0 Å². The van der Waals surface area contributed by atoms with Gasteiger partial charge in [0.1, 0.15) is 11.5 Å². The van der Waals surface area contributed by atoms with Gasteiger partial charge in [0.05, 0.1) is 11.1 Å². The molecule has 1 aromatic heterocycles. The molecule has 0 bridgehead atoms. The first-order valence-electron chi connectivity index (χ1n) is 9.48. The Morgan fingerprint density at radius 3 is 2.57 bits per heavy atom. The molecule has 2 N–H and O–H groups in total. The number of aryl methyl sites for hydroxylation is 1. The Balaban J connectivity index is 1.43. The van der Waals surface area contributed by atoms with Gasteiger partial charge in [0.2, 0.25) is 5.91 Å². The Bertz CT molecular complexity index is 1010. The molecule has 30 heavy (non-hydrogen) atoms. The molecule has 8 nitrogen and oxygen atoms in total. The van der Waals surface area contributed by atoms with Gasteiger partial charge in [0.25, 0.3) is 5.69 Å². The standard InChI is InChI=1S/C22H22N4O4/c1-16-14-18(8-11-21(16)30-20-4-2-12-23-15-20)25-22(27)5-3-13-24-17-6-9-19(10-7-17)26(28)29/h2,4,6-12,14-15,24H,3,5,13H2,1H3,(H,25,27). The van der Waals surface area contributed by atoms with Crippen LogP contribution in [0.4, 0.5) is 17.1 Å². The number of aromatic nitrogens is 1. The first-order chi connectivity index (χ1) is 14.5. The third-order valence-electron chi connectivity index (χ3n) is 4.31. The van der Waals surface area contributed by atoms with Gasteiger partial charge in [-0.1, -0.05) is 0 Å². The van der Waals surface area contributed by atoms with E-state index in [-0.39, 0.29) is 11.6 Å². The smallest absolute Gasteiger partial charge is 0.269 e. The molecule has 154 valence electrons. The lowest BCUT2D eigenvalue weighted by molar-refractivity contribution is -0.384. The molecular weight excluding hydrogens is 384 g/mol. The van der Waals surface area contributed by atoms with Crippen molar-refractivity contribution in [3.63, 3.8) is 0 Å². The highest BCUT2D eigenvalue weighted by Gasteiger charge is 2.07. The summed E-state index contributed by atoms with van der Waals surface area (Å²) in [6.45, 7) is 2.50. The number of benzene rings is 2. The molecule has 0 unspecified atom stereocenters. The SMILES string of the molecule is Cc1cc(NC(=O)CCCNc2ccc([N+](=O)[O-])cc2)ccc1Oc1cccnc1. The van der Waals surface area contributed by atoms with Crippen LogP contribution >= 0.6 is 0 Å². The predicted molar refractivity (Wildman–Crippen MR) is 115 cm³/mol. The third kappa shape index (κ3) is 6.03. The number of carbonyl (C=O) groups is 1. The Kier molecular flexibility index (Phi) is 6.94. The first kappa shape index (κ1) is 20.8. The largest absolute Gasteiger partial charge is 0.455 e. The maximum atomic E-state index is 12.2. The molecule has 0 saturated heterocycles. The fourth-order valence-corrected chi connectivity index (χ4v) is 2.78. The van der Waals surface area contributed by atoms with Gasteiger partial charge in [0.15, 0.2) is 0 Å². The van der Waals surface area contributed by atoms with Gasteiger partial charge in [-0.3, -0.25) is 19.9 Å². The summed E-state index contributed by atoms with van der Waals surface area (Å²) in [7, 11) is 0. The lowest BCUT2D eigenvalue weighted by Gasteiger charge is -2.11. The maximum absolute atomic E-state index is 12.2. The fraction of sp³-hybridized carbons (Fsp3) is 0.182. The van der Waals surface area contributed by atoms with Crippen molar-refractivity contribution in [2.75, 3.05) is 17.2 Å². The summed E-state index contributed by atoms with van der Waals surface area (Å²) in [5.41, 5.74) is 2.43. The van der Waals surface area contributed by atoms with Crippen LogP contribution in [0.1, 0.15) is 18.4 Å². The number of nitrogens with one attached hydrogen (secondary N) is 2. The van der Waals surface area contributed by atoms with Crippen molar-refractivity contribution >= 4 is 23.0 Å². The Morgan fingerprint density at radius 2 is 1.90 bits per heavy atom. The Morgan fingerprint density at radius 1 is 1.13 bits per heavy atom. The highest BCUT2D eigenvalue weighted by molar-refractivity contribution is 5.90. The number of hydrogen-bond donors (Lipinski definition) is 2. The molecule has 8 heteroatoms. The highest BCUT2D eigenvalue weighted by atomic mass is 16.6. The van der Waals surface area contributed by atoms with Crippen LogP contribution in [-0.2, 0) is 4.79 Å². The molecule has 1 heterocycles. The second kappa shape index (κ2) is 10.0. The minimum absolute atomic E-state index is 0.0482. The number of anilines is 2. The van der Waals surface area contributed by atoms with Crippen molar-refractivity contribution in [3.8, 4) is 11.5 Å². The zero-order valence-corrected chi connectivity index (χ0v) is 16.5. The van der Waals surface area contributed by atoms with Crippen LogP contribution in [-0.4, -0.2) is 22.4 Å². The molecule has 0 saturated carbocycles. The molecule has 1 amide bonds. The van der Waals surface area contributed by atoms with E-state index in [2.05, 4.69) is 15.6 Å². The number of hydrogen-bond acceptors (Lipinski definition) is 6. The van der Waals surface area contributed by atoms with Gasteiger partial charge >= 0.3 is 0 Å². The second-order valence-corrected chi connectivity index (χ2v) is 6.65. The van der Waals surface area contributed by atoms with E-state index in [1.54, 1.807) is 36.7 Å². The van der Waals surface area contributed by atoms with Gasteiger partial charge in [-0.25, -0.2) is 0 Å². The molecule has 0 atom stereocenters. The summed E-state index contributed by atoms with van der Waals surface area (Å²) >= 11 is 0. The molecular formula is C22H22N4O4. The van der Waals surface area contributed by atoms with Crippen molar-refractivity contribution in [1.29, 1.82) is 0 Å². The van der Waals surface area contributed by atoms with Crippen LogP contribution in [0.2, 0.25) is 0 Å². The molecule has 3 rings (SSSR count). The van der Waals surface area contributed by atoms with E-state index in [1.165, 1.54) is 12.1 Å². The van der Waals surface area contributed by atoms with Crippen LogP contribution < -0.4 is 15.4 Å². The monoisotopic (exact) mass is 406 g/mol. The van der Waals surface area contributed by atoms with E-state index < -0.39 is 4.92 Å². The molecule has 0 radical (unpaired) electrons. The summed E-state index contributed by atoms with van der Waals surface area (Å²) in [6.07, 6.45) is 4.30. The third-order valence-corrected chi connectivity index (χ3v) is 4.31.